The van der Waals surface area contributed by atoms with Gasteiger partial charge in [0.1, 0.15) is 12.4 Å². The first-order valence-electron chi connectivity index (χ1n) is 6.95. The Labute approximate surface area is 129 Å². The van der Waals surface area contributed by atoms with Crippen molar-refractivity contribution in [2.45, 2.75) is 20.0 Å². The van der Waals surface area contributed by atoms with Crippen LogP contribution in [0.25, 0.3) is 0 Å². The van der Waals surface area contributed by atoms with Crippen LogP contribution in [0.4, 0.5) is 0 Å². The first-order valence-corrected chi connectivity index (χ1v) is 7.33. The van der Waals surface area contributed by atoms with Crippen molar-refractivity contribution in [1.29, 1.82) is 0 Å². The maximum absolute atomic E-state index is 11.8. The van der Waals surface area contributed by atoms with Crippen LogP contribution in [0.5, 0.6) is 5.75 Å². The molecule has 0 aromatic heterocycles. The molecule has 0 bridgehead atoms. The maximum Gasteiger partial charge on any atom is 0.251 e. The Bertz CT molecular complexity index is 596. The highest BCUT2D eigenvalue weighted by atomic mass is 35.5. The van der Waals surface area contributed by atoms with E-state index < -0.39 is 0 Å². The van der Waals surface area contributed by atoms with Crippen LogP contribution in [0.1, 0.15) is 29.3 Å². The van der Waals surface area contributed by atoms with Crippen LogP contribution < -0.4 is 10.1 Å². The van der Waals surface area contributed by atoms with E-state index in [9.17, 15) is 4.79 Å². The van der Waals surface area contributed by atoms with Crippen LogP contribution in [0, 0.1) is 0 Å². The van der Waals surface area contributed by atoms with Gasteiger partial charge in [-0.3, -0.25) is 4.79 Å². The van der Waals surface area contributed by atoms with E-state index in [1.807, 2.05) is 31.2 Å². The fourth-order valence-electron chi connectivity index (χ4n) is 1.82. The maximum atomic E-state index is 11.8. The molecule has 2 aromatic carbocycles. The molecule has 2 rings (SSSR count). The summed E-state index contributed by atoms with van der Waals surface area (Å²) in [6.45, 7) is 3.11. The van der Waals surface area contributed by atoms with E-state index >= 15 is 0 Å². The van der Waals surface area contributed by atoms with E-state index in [1.54, 1.807) is 24.3 Å². The fraction of sp³-hybridized carbons (Fsp3) is 0.235. The smallest absolute Gasteiger partial charge is 0.251 e. The number of nitrogens with one attached hydrogen (secondary N) is 1. The molecule has 0 fully saturated rings. The van der Waals surface area contributed by atoms with Crippen molar-refractivity contribution in [3.8, 4) is 5.75 Å². The quantitative estimate of drug-likeness (QED) is 0.874. The molecule has 0 heterocycles. The lowest BCUT2D eigenvalue weighted by Gasteiger charge is -2.08. The highest BCUT2D eigenvalue weighted by molar-refractivity contribution is 6.31. The minimum absolute atomic E-state index is 0.0606. The summed E-state index contributed by atoms with van der Waals surface area (Å²) < 4.78 is 5.67. The standard InChI is InChI=1S/C17H18ClNO2/c1-2-11-19-17(20)13-7-9-15(10-8-13)21-12-14-5-3-4-6-16(14)18/h3-10H,2,11-12H2,1H3,(H,19,20). The van der Waals surface area contributed by atoms with Gasteiger partial charge in [-0.2, -0.15) is 0 Å². The van der Waals surface area contributed by atoms with Gasteiger partial charge in [0.05, 0.1) is 0 Å². The van der Waals surface area contributed by atoms with Gasteiger partial charge in [-0.05, 0) is 36.8 Å². The number of amides is 1. The van der Waals surface area contributed by atoms with Gasteiger partial charge in [0.15, 0.2) is 0 Å². The van der Waals surface area contributed by atoms with Gasteiger partial charge in [-0.15, -0.1) is 0 Å². The van der Waals surface area contributed by atoms with Crippen LogP contribution in [0.2, 0.25) is 5.02 Å². The van der Waals surface area contributed by atoms with E-state index in [0.29, 0.717) is 29.5 Å². The predicted molar refractivity (Wildman–Crippen MR) is 84.9 cm³/mol. The second-order valence-corrected chi connectivity index (χ2v) is 5.07. The summed E-state index contributed by atoms with van der Waals surface area (Å²) in [6, 6.07) is 14.7. The van der Waals surface area contributed by atoms with E-state index in [2.05, 4.69) is 5.32 Å². The van der Waals surface area contributed by atoms with Crippen LogP contribution in [-0.2, 0) is 6.61 Å². The summed E-state index contributed by atoms with van der Waals surface area (Å²) in [5.41, 5.74) is 1.57. The molecule has 1 amide bonds. The van der Waals surface area contributed by atoms with Crippen molar-refractivity contribution < 1.29 is 9.53 Å². The molecular weight excluding hydrogens is 286 g/mol. The number of hydrogen-bond donors (Lipinski definition) is 1. The topological polar surface area (TPSA) is 38.3 Å². The molecule has 0 saturated carbocycles. The second kappa shape index (κ2) is 7.70. The van der Waals surface area contributed by atoms with Gasteiger partial charge in [0.25, 0.3) is 5.91 Å². The first kappa shape index (κ1) is 15.4. The van der Waals surface area contributed by atoms with Crippen LogP contribution >= 0.6 is 11.6 Å². The van der Waals surface area contributed by atoms with Gasteiger partial charge in [0, 0.05) is 22.7 Å². The normalized spacial score (nSPS) is 10.2. The summed E-state index contributed by atoms with van der Waals surface area (Å²) in [6.07, 6.45) is 0.921. The summed E-state index contributed by atoms with van der Waals surface area (Å²) in [4.78, 5) is 11.8. The lowest BCUT2D eigenvalue weighted by Crippen LogP contribution is -2.23. The lowest BCUT2D eigenvalue weighted by molar-refractivity contribution is 0.0953. The molecule has 21 heavy (non-hydrogen) atoms. The van der Waals surface area contributed by atoms with Crippen LogP contribution in [0.3, 0.4) is 0 Å². The third-order valence-electron chi connectivity index (χ3n) is 3.00. The molecule has 1 N–H and O–H groups in total. The molecular formula is C17H18ClNO2. The average Bonchev–Trinajstić information content (AvgIpc) is 2.52. The number of halogens is 1. The van der Waals surface area contributed by atoms with Crippen molar-refractivity contribution in [3.05, 3.63) is 64.7 Å². The Morgan fingerprint density at radius 1 is 1.14 bits per heavy atom. The first-order chi connectivity index (χ1) is 10.2. The van der Waals surface area contributed by atoms with E-state index in [1.165, 1.54) is 0 Å². The van der Waals surface area contributed by atoms with Crippen molar-refractivity contribution in [2.75, 3.05) is 6.54 Å². The van der Waals surface area contributed by atoms with Gasteiger partial charge < -0.3 is 10.1 Å². The molecule has 4 heteroatoms. The van der Waals surface area contributed by atoms with E-state index in [0.717, 1.165) is 12.0 Å². The van der Waals surface area contributed by atoms with E-state index in [4.69, 9.17) is 16.3 Å². The molecule has 0 spiro atoms. The number of benzene rings is 2. The Balaban J connectivity index is 1.93. The summed E-state index contributed by atoms with van der Waals surface area (Å²) in [5, 5.41) is 3.52. The van der Waals surface area contributed by atoms with E-state index in [-0.39, 0.29) is 5.91 Å². The van der Waals surface area contributed by atoms with Crippen molar-refractivity contribution >= 4 is 17.5 Å². The molecule has 3 nitrogen and oxygen atoms in total. The molecule has 0 aliphatic heterocycles. The Kier molecular flexibility index (Phi) is 5.64. The molecule has 110 valence electrons. The number of ether oxygens (including phenoxy) is 1. The Hall–Kier alpha value is -2.00. The summed E-state index contributed by atoms with van der Waals surface area (Å²) in [5.74, 6) is 0.650. The molecule has 0 unspecified atom stereocenters. The largest absolute Gasteiger partial charge is 0.489 e. The highest BCUT2D eigenvalue weighted by Crippen LogP contribution is 2.18. The Morgan fingerprint density at radius 3 is 2.52 bits per heavy atom. The fourth-order valence-corrected chi connectivity index (χ4v) is 2.01. The molecule has 2 aromatic rings. The zero-order valence-corrected chi connectivity index (χ0v) is 12.7. The van der Waals surface area contributed by atoms with Gasteiger partial charge in [-0.1, -0.05) is 36.7 Å². The minimum Gasteiger partial charge on any atom is -0.489 e. The van der Waals surface area contributed by atoms with Crippen molar-refractivity contribution in [1.82, 2.24) is 5.32 Å². The predicted octanol–water partition coefficient (Wildman–Crippen LogP) is 4.06. The number of rotatable bonds is 6. The highest BCUT2D eigenvalue weighted by Gasteiger charge is 2.05. The van der Waals surface area contributed by atoms with Gasteiger partial charge in [0.2, 0.25) is 0 Å². The monoisotopic (exact) mass is 303 g/mol. The van der Waals surface area contributed by atoms with Gasteiger partial charge in [-0.25, -0.2) is 0 Å². The zero-order valence-electron chi connectivity index (χ0n) is 11.9. The summed E-state index contributed by atoms with van der Waals surface area (Å²) >= 11 is 6.07. The minimum atomic E-state index is -0.0606. The average molecular weight is 304 g/mol. The van der Waals surface area contributed by atoms with Crippen molar-refractivity contribution in [2.24, 2.45) is 0 Å². The molecule has 0 radical (unpaired) electrons. The number of carbonyl (C=O) groups excluding carboxylic acids is 1. The molecule has 0 aliphatic carbocycles. The third kappa shape index (κ3) is 4.50. The van der Waals surface area contributed by atoms with Crippen LogP contribution in [-0.4, -0.2) is 12.5 Å². The van der Waals surface area contributed by atoms with Crippen molar-refractivity contribution in [3.63, 3.8) is 0 Å². The van der Waals surface area contributed by atoms with Gasteiger partial charge >= 0.3 is 0 Å². The Morgan fingerprint density at radius 2 is 1.86 bits per heavy atom. The number of carbonyl (C=O) groups is 1. The summed E-state index contributed by atoms with van der Waals surface area (Å²) in [7, 11) is 0. The molecule has 0 atom stereocenters. The molecule has 0 saturated heterocycles. The molecule has 0 aliphatic rings. The SMILES string of the molecule is CCCNC(=O)c1ccc(OCc2ccccc2Cl)cc1. The third-order valence-corrected chi connectivity index (χ3v) is 3.37. The second-order valence-electron chi connectivity index (χ2n) is 4.66. The number of hydrogen-bond acceptors (Lipinski definition) is 2. The van der Waals surface area contributed by atoms with Crippen LogP contribution in [0.15, 0.2) is 48.5 Å². The lowest BCUT2D eigenvalue weighted by atomic mass is 10.2. The zero-order chi connectivity index (χ0) is 15.1.